The maximum atomic E-state index is 12.0. The zero-order valence-corrected chi connectivity index (χ0v) is 12.3. The van der Waals surface area contributed by atoms with Gasteiger partial charge in [-0.15, -0.1) is 0 Å². The zero-order valence-electron chi connectivity index (χ0n) is 11.6. The molecule has 20 heavy (non-hydrogen) atoms. The van der Waals surface area contributed by atoms with Gasteiger partial charge in [0.15, 0.2) is 0 Å². The molecule has 1 N–H and O–H groups in total. The van der Waals surface area contributed by atoms with Crippen molar-refractivity contribution in [3.05, 3.63) is 34.9 Å². The summed E-state index contributed by atoms with van der Waals surface area (Å²) in [6, 6.07) is 6.60. The number of carbonyl (C=O) groups excluding carboxylic acids is 2. The third kappa shape index (κ3) is 3.97. The quantitative estimate of drug-likeness (QED) is 0.930. The van der Waals surface area contributed by atoms with Gasteiger partial charge in [0.25, 0.3) is 5.91 Å². The van der Waals surface area contributed by atoms with Crippen LogP contribution < -0.4 is 5.32 Å². The van der Waals surface area contributed by atoms with Crippen LogP contribution in [0.4, 0.5) is 0 Å². The number of hydrogen-bond donors (Lipinski definition) is 1. The van der Waals surface area contributed by atoms with Crippen LogP contribution in [0, 0.1) is 5.92 Å². The van der Waals surface area contributed by atoms with Gasteiger partial charge in [-0.2, -0.15) is 0 Å². The van der Waals surface area contributed by atoms with E-state index in [-0.39, 0.29) is 18.4 Å². The predicted molar refractivity (Wildman–Crippen MR) is 78.8 cm³/mol. The normalized spacial score (nSPS) is 16.0. The van der Waals surface area contributed by atoms with Crippen LogP contribution in [-0.2, 0) is 4.79 Å². The van der Waals surface area contributed by atoms with E-state index in [9.17, 15) is 9.59 Å². The molecule has 1 aliphatic rings. The lowest BCUT2D eigenvalue weighted by molar-refractivity contribution is -0.131. The Bertz CT molecular complexity index is 479. The summed E-state index contributed by atoms with van der Waals surface area (Å²) in [6.45, 7) is 3.83. The topological polar surface area (TPSA) is 49.4 Å². The molecule has 108 valence electrons. The Morgan fingerprint density at radius 1 is 1.25 bits per heavy atom. The Morgan fingerprint density at radius 2 is 1.85 bits per heavy atom. The molecule has 5 heteroatoms. The smallest absolute Gasteiger partial charge is 0.251 e. The van der Waals surface area contributed by atoms with Gasteiger partial charge in [-0.3, -0.25) is 9.59 Å². The van der Waals surface area contributed by atoms with Crippen LogP contribution in [0.15, 0.2) is 24.3 Å². The highest BCUT2D eigenvalue weighted by Gasteiger charge is 2.20. The Labute approximate surface area is 124 Å². The molecule has 0 spiro atoms. The second kappa shape index (κ2) is 6.75. The largest absolute Gasteiger partial charge is 0.343 e. The molecule has 0 aliphatic carbocycles. The van der Waals surface area contributed by atoms with Crippen molar-refractivity contribution >= 4 is 23.4 Å². The van der Waals surface area contributed by atoms with Gasteiger partial charge >= 0.3 is 0 Å². The molecule has 4 nitrogen and oxygen atoms in total. The molecule has 0 radical (unpaired) electrons. The number of amides is 2. The second-order valence-electron chi connectivity index (χ2n) is 5.25. The Kier molecular flexibility index (Phi) is 5.01. The highest BCUT2D eigenvalue weighted by atomic mass is 35.5. The first-order chi connectivity index (χ1) is 9.56. The second-order valence-corrected chi connectivity index (χ2v) is 5.69. The van der Waals surface area contributed by atoms with Gasteiger partial charge in [0, 0.05) is 23.7 Å². The van der Waals surface area contributed by atoms with Crippen LogP contribution in [-0.4, -0.2) is 36.3 Å². The van der Waals surface area contributed by atoms with Gasteiger partial charge in [-0.25, -0.2) is 0 Å². The van der Waals surface area contributed by atoms with Crippen molar-refractivity contribution in [3.8, 4) is 0 Å². The lowest BCUT2D eigenvalue weighted by Gasteiger charge is -2.30. The van der Waals surface area contributed by atoms with E-state index in [1.807, 2.05) is 4.90 Å². The number of hydrogen-bond acceptors (Lipinski definition) is 2. The summed E-state index contributed by atoms with van der Waals surface area (Å²) in [6.07, 6.45) is 2.08. The number of likely N-dealkylation sites (tertiary alicyclic amines) is 1. The number of nitrogens with zero attached hydrogens (tertiary/aromatic N) is 1. The Balaban J connectivity index is 1.81. The van der Waals surface area contributed by atoms with Crippen LogP contribution in [0.1, 0.15) is 30.1 Å². The third-order valence-electron chi connectivity index (χ3n) is 3.64. The molecule has 0 bridgehead atoms. The molecule has 1 heterocycles. The van der Waals surface area contributed by atoms with Crippen molar-refractivity contribution in [1.29, 1.82) is 0 Å². The fourth-order valence-electron chi connectivity index (χ4n) is 2.23. The van der Waals surface area contributed by atoms with Crippen molar-refractivity contribution in [2.45, 2.75) is 19.8 Å². The lowest BCUT2D eigenvalue weighted by atomic mass is 9.99. The highest BCUT2D eigenvalue weighted by molar-refractivity contribution is 6.30. The summed E-state index contributed by atoms with van der Waals surface area (Å²) in [4.78, 5) is 25.7. The third-order valence-corrected chi connectivity index (χ3v) is 3.89. The van der Waals surface area contributed by atoms with Gasteiger partial charge in [0.1, 0.15) is 0 Å². The van der Waals surface area contributed by atoms with E-state index < -0.39 is 0 Å². The average molecular weight is 295 g/mol. The Hall–Kier alpha value is -1.55. The highest BCUT2D eigenvalue weighted by Crippen LogP contribution is 2.15. The first kappa shape index (κ1) is 14.9. The van der Waals surface area contributed by atoms with Gasteiger partial charge in [-0.05, 0) is 43.0 Å². The predicted octanol–water partition coefficient (Wildman–Crippen LogP) is 2.33. The number of piperidine rings is 1. The van der Waals surface area contributed by atoms with Crippen molar-refractivity contribution in [2.24, 2.45) is 5.92 Å². The van der Waals surface area contributed by atoms with Crippen LogP contribution in [0.5, 0.6) is 0 Å². The average Bonchev–Trinajstić information content (AvgIpc) is 2.46. The molecule has 1 aromatic carbocycles. The molecule has 1 fully saturated rings. The van der Waals surface area contributed by atoms with E-state index in [0.29, 0.717) is 16.5 Å². The minimum absolute atomic E-state index is 0.0146. The summed E-state index contributed by atoms with van der Waals surface area (Å²) in [5.74, 6) is 0.419. The molecule has 0 unspecified atom stereocenters. The van der Waals surface area contributed by atoms with Crippen molar-refractivity contribution in [2.75, 3.05) is 19.6 Å². The van der Waals surface area contributed by atoms with E-state index in [0.717, 1.165) is 25.9 Å². The fourth-order valence-corrected chi connectivity index (χ4v) is 2.35. The van der Waals surface area contributed by atoms with Crippen LogP contribution in [0.25, 0.3) is 0 Å². The van der Waals surface area contributed by atoms with Gasteiger partial charge < -0.3 is 10.2 Å². The van der Waals surface area contributed by atoms with E-state index in [2.05, 4.69) is 12.2 Å². The molecule has 2 rings (SSSR count). The van der Waals surface area contributed by atoms with Crippen molar-refractivity contribution in [1.82, 2.24) is 10.2 Å². The fraction of sp³-hybridized carbons (Fsp3) is 0.467. The van der Waals surface area contributed by atoms with E-state index in [1.165, 1.54) is 0 Å². The summed E-state index contributed by atoms with van der Waals surface area (Å²) in [5, 5.41) is 3.24. The van der Waals surface area contributed by atoms with E-state index in [1.54, 1.807) is 24.3 Å². The molecule has 0 saturated carbocycles. The monoisotopic (exact) mass is 294 g/mol. The number of nitrogens with one attached hydrogen (secondary N) is 1. The lowest BCUT2D eigenvalue weighted by Crippen LogP contribution is -2.43. The number of benzene rings is 1. The molecule has 0 atom stereocenters. The zero-order chi connectivity index (χ0) is 14.5. The molecule has 2 amide bonds. The molecule has 0 aromatic heterocycles. The molecule has 1 aliphatic heterocycles. The van der Waals surface area contributed by atoms with E-state index >= 15 is 0 Å². The number of rotatable bonds is 3. The number of carbonyl (C=O) groups is 2. The molecule has 1 saturated heterocycles. The van der Waals surface area contributed by atoms with Crippen molar-refractivity contribution in [3.63, 3.8) is 0 Å². The number of halogens is 1. The summed E-state index contributed by atoms with van der Waals surface area (Å²) in [5.41, 5.74) is 0.509. The van der Waals surface area contributed by atoms with E-state index in [4.69, 9.17) is 11.6 Å². The van der Waals surface area contributed by atoms with Gasteiger partial charge in [0.05, 0.1) is 6.54 Å². The van der Waals surface area contributed by atoms with Crippen LogP contribution >= 0.6 is 11.6 Å². The van der Waals surface area contributed by atoms with Gasteiger partial charge in [-0.1, -0.05) is 18.5 Å². The van der Waals surface area contributed by atoms with Crippen molar-refractivity contribution < 1.29 is 9.59 Å². The molecule has 1 aromatic rings. The maximum absolute atomic E-state index is 12.0. The van der Waals surface area contributed by atoms with Crippen LogP contribution in [0.2, 0.25) is 5.02 Å². The minimum atomic E-state index is -0.250. The molecular formula is C15H19ClN2O2. The maximum Gasteiger partial charge on any atom is 0.251 e. The minimum Gasteiger partial charge on any atom is -0.343 e. The SMILES string of the molecule is CC1CCN(C(=O)CNC(=O)c2ccc(Cl)cc2)CC1. The van der Waals surface area contributed by atoms with Gasteiger partial charge in [0.2, 0.25) is 5.91 Å². The first-order valence-corrected chi connectivity index (χ1v) is 7.25. The summed E-state index contributed by atoms with van der Waals surface area (Å²) < 4.78 is 0. The standard InChI is InChI=1S/C15H19ClN2O2/c1-11-6-8-18(9-7-11)14(19)10-17-15(20)12-2-4-13(16)5-3-12/h2-5,11H,6-10H2,1H3,(H,17,20). The Morgan fingerprint density at radius 3 is 2.45 bits per heavy atom. The van der Waals surface area contributed by atoms with Crippen LogP contribution in [0.3, 0.4) is 0 Å². The first-order valence-electron chi connectivity index (χ1n) is 6.88. The molecular weight excluding hydrogens is 276 g/mol. The summed E-state index contributed by atoms with van der Waals surface area (Å²) >= 11 is 5.76. The summed E-state index contributed by atoms with van der Waals surface area (Å²) in [7, 11) is 0.